The summed E-state index contributed by atoms with van der Waals surface area (Å²) in [6, 6.07) is 0.282. The van der Waals surface area contributed by atoms with Crippen molar-refractivity contribution in [1.29, 1.82) is 0 Å². The Morgan fingerprint density at radius 1 is 1.56 bits per heavy atom. The summed E-state index contributed by atoms with van der Waals surface area (Å²) in [4.78, 5) is 4.78. The molecule has 0 saturated carbocycles. The standard InChI is InChI=1S/C12H19N3O/c1-8-4-10(13)5-15-6-11(14-12(8)15)9-2-3-16-7-9/h6,8-10H,2-5,7,13H2,1H3. The molecule has 1 saturated heterocycles. The number of nitrogens with two attached hydrogens (primary N) is 1. The summed E-state index contributed by atoms with van der Waals surface area (Å²) in [6.07, 6.45) is 4.35. The second-order valence-corrected chi connectivity index (χ2v) is 5.13. The fourth-order valence-electron chi connectivity index (χ4n) is 2.84. The van der Waals surface area contributed by atoms with Gasteiger partial charge in [-0.15, -0.1) is 0 Å². The van der Waals surface area contributed by atoms with E-state index in [0.29, 0.717) is 11.8 Å². The Bertz CT molecular complexity index is 382. The van der Waals surface area contributed by atoms with Crippen molar-refractivity contribution in [3.05, 3.63) is 17.7 Å². The quantitative estimate of drug-likeness (QED) is 0.775. The molecule has 1 aromatic rings. The second-order valence-electron chi connectivity index (χ2n) is 5.13. The lowest BCUT2D eigenvalue weighted by Crippen LogP contribution is -2.33. The summed E-state index contributed by atoms with van der Waals surface area (Å²) in [6.45, 7) is 4.84. The van der Waals surface area contributed by atoms with Crippen molar-refractivity contribution in [2.75, 3.05) is 13.2 Å². The molecule has 2 N–H and O–H groups in total. The molecule has 3 atom stereocenters. The van der Waals surface area contributed by atoms with Gasteiger partial charge in [0.2, 0.25) is 0 Å². The van der Waals surface area contributed by atoms with E-state index in [9.17, 15) is 0 Å². The minimum Gasteiger partial charge on any atom is -0.381 e. The second kappa shape index (κ2) is 3.86. The molecule has 16 heavy (non-hydrogen) atoms. The number of rotatable bonds is 1. The van der Waals surface area contributed by atoms with E-state index in [1.165, 1.54) is 11.5 Å². The lowest BCUT2D eigenvalue weighted by Gasteiger charge is -2.25. The maximum atomic E-state index is 6.03. The van der Waals surface area contributed by atoms with Crippen molar-refractivity contribution in [1.82, 2.24) is 9.55 Å². The fourth-order valence-corrected chi connectivity index (χ4v) is 2.84. The van der Waals surface area contributed by atoms with Crippen molar-refractivity contribution in [2.45, 2.75) is 44.2 Å². The molecule has 88 valence electrons. The summed E-state index contributed by atoms with van der Waals surface area (Å²) in [5.41, 5.74) is 7.23. The monoisotopic (exact) mass is 221 g/mol. The zero-order valence-corrected chi connectivity index (χ0v) is 9.72. The first-order valence-corrected chi connectivity index (χ1v) is 6.14. The van der Waals surface area contributed by atoms with Crippen molar-refractivity contribution in [3.63, 3.8) is 0 Å². The van der Waals surface area contributed by atoms with E-state index in [2.05, 4.69) is 17.7 Å². The first-order chi connectivity index (χ1) is 7.74. The highest BCUT2D eigenvalue weighted by Gasteiger charge is 2.27. The maximum Gasteiger partial charge on any atom is 0.111 e. The molecule has 3 heterocycles. The Hall–Kier alpha value is -0.870. The average molecular weight is 221 g/mol. The van der Waals surface area contributed by atoms with Crippen molar-refractivity contribution in [3.8, 4) is 0 Å². The van der Waals surface area contributed by atoms with Gasteiger partial charge >= 0.3 is 0 Å². The molecule has 3 rings (SSSR count). The lowest BCUT2D eigenvalue weighted by molar-refractivity contribution is 0.193. The van der Waals surface area contributed by atoms with Crippen LogP contribution >= 0.6 is 0 Å². The first-order valence-electron chi connectivity index (χ1n) is 6.14. The van der Waals surface area contributed by atoms with Gasteiger partial charge in [-0.3, -0.25) is 0 Å². The number of hydrogen-bond donors (Lipinski definition) is 1. The highest BCUT2D eigenvalue weighted by molar-refractivity contribution is 5.15. The Labute approximate surface area is 95.8 Å². The number of nitrogens with zero attached hydrogens (tertiary/aromatic N) is 2. The van der Waals surface area contributed by atoms with Crippen LogP contribution in [-0.4, -0.2) is 28.8 Å². The van der Waals surface area contributed by atoms with Gasteiger partial charge in [0.25, 0.3) is 0 Å². The van der Waals surface area contributed by atoms with E-state index in [1.807, 2.05) is 0 Å². The highest BCUT2D eigenvalue weighted by atomic mass is 16.5. The Kier molecular flexibility index (Phi) is 2.48. The van der Waals surface area contributed by atoms with Crippen LogP contribution < -0.4 is 5.73 Å². The predicted molar refractivity (Wildman–Crippen MR) is 61.4 cm³/mol. The SMILES string of the molecule is CC1CC(N)Cn2cc(C3CCOC3)nc21. The summed E-state index contributed by atoms with van der Waals surface area (Å²) in [5, 5.41) is 0. The molecule has 2 aliphatic rings. The summed E-state index contributed by atoms with van der Waals surface area (Å²) in [5.74, 6) is 2.20. The smallest absolute Gasteiger partial charge is 0.111 e. The fraction of sp³-hybridized carbons (Fsp3) is 0.750. The largest absolute Gasteiger partial charge is 0.381 e. The number of ether oxygens (including phenoxy) is 1. The van der Waals surface area contributed by atoms with E-state index < -0.39 is 0 Å². The summed E-state index contributed by atoms with van der Waals surface area (Å²) >= 11 is 0. The third-order valence-corrected chi connectivity index (χ3v) is 3.70. The van der Waals surface area contributed by atoms with Crippen LogP contribution in [0, 0.1) is 0 Å². The summed E-state index contributed by atoms with van der Waals surface area (Å²) < 4.78 is 7.66. The van der Waals surface area contributed by atoms with E-state index in [-0.39, 0.29) is 6.04 Å². The van der Waals surface area contributed by atoms with E-state index in [1.54, 1.807) is 0 Å². The number of imidazole rings is 1. The van der Waals surface area contributed by atoms with Crippen molar-refractivity contribution < 1.29 is 4.74 Å². The van der Waals surface area contributed by atoms with Crippen LogP contribution in [0.5, 0.6) is 0 Å². The van der Waals surface area contributed by atoms with E-state index in [0.717, 1.165) is 32.6 Å². The van der Waals surface area contributed by atoms with Gasteiger partial charge in [0.15, 0.2) is 0 Å². The van der Waals surface area contributed by atoms with Gasteiger partial charge in [-0.05, 0) is 12.8 Å². The molecule has 4 heteroatoms. The van der Waals surface area contributed by atoms with Gasteiger partial charge in [0.05, 0.1) is 12.3 Å². The number of aromatic nitrogens is 2. The molecule has 1 aromatic heterocycles. The molecule has 0 radical (unpaired) electrons. The van der Waals surface area contributed by atoms with Gasteiger partial charge < -0.3 is 15.0 Å². The zero-order chi connectivity index (χ0) is 11.1. The van der Waals surface area contributed by atoms with Crippen LogP contribution in [0.3, 0.4) is 0 Å². The maximum absolute atomic E-state index is 6.03. The third-order valence-electron chi connectivity index (χ3n) is 3.70. The number of fused-ring (bicyclic) bond motifs is 1. The van der Waals surface area contributed by atoms with E-state index >= 15 is 0 Å². The first kappa shape index (κ1) is 10.3. The predicted octanol–water partition coefficient (Wildman–Crippen LogP) is 1.22. The topological polar surface area (TPSA) is 53.1 Å². The molecule has 2 aliphatic heterocycles. The summed E-state index contributed by atoms with van der Waals surface area (Å²) in [7, 11) is 0. The van der Waals surface area contributed by atoms with Crippen LogP contribution in [0.4, 0.5) is 0 Å². The van der Waals surface area contributed by atoms with E-state index in [4.69, 9.17) is 15.5 Å². The van der Waals surface area contributed by atoms with Gasteiger partial charge in [0.1, 0.15) is 5.82 Å². The van der Waals surface area contributed by atoms with Crippen LogP contribution in [0.15, 0.2) is 6.20 Å². The molecule has 1 fully saturated rings. The van der Waals surface area contributed by atoms with Gasteiger partial charge in [0, 0.05) is 37.2 Å². The van der Waals surface area contributed by atoms with Gasteiger partial charge in [-0.1, -0.05) is 6.92 Å². The van der Waals surface area contributed by atoms with Gasteiger partial charge in [-0.2, -0.15) is 0 Å². The molecule has 0 aliphatic carbocycles. The van der Waals surface area contributed by atoms with Crippen molar-refractivity contribution in [2.24, 2.45) is 5.73 Å². The molecule has 4 nitrogen and oxygen atoms in total. The lowest BCUT2D eigenvalue weighted by atomic mass is 9.98. The highest BCUT2D eigenvalue weighted by Crippen LogP contribution is 2.30. The molecule has 0 amide bonds. The van der Waals surface area contributed by atoms with Gasteiger partial charge in [-0.25, -0.2) is 4.98 Å². The molecule has 0 bridgehead atoms. The Morgan fingerprint density at radius 2 is 2.44 bits per heavy atom. The molecule has 0 aromatic carbocycles. The third kappa shape index (κ3) is 1.66. The minimum atomic E-state index is 0.282. The molecule has 3 unspecified atom stereocenters. The van der Waals surface area contributed by atoms with Crippen molar-refractivity contribution >= 4 is 0 Å². The zero-order valence-electron chi connectivity index (χ0n) is 9.72. The Morgan fingerprint density at radius 3 is 3.19 bits per heavy atom. The Balaban J connectivity index is 1.90. The normalized spacial score (nSPS) is 34.0. The van der Waals surface area contributed by atoms with Crippen LogP contribution in [0.1, 0.15) is 43.1 Å². The van der Waals surface area contributed by atoms with Crippen LogP contribution in [-0.2, 0) is 11.3 Å². The van der Waals surface area contributed by atoms with Crippen LogP contribution in [0.2, 0.25) is 0 Å². The molecule has 0 spiro atoms. The van der Waals surface area contributed by atoms with Crippen LogP contribution in [0.25, 0.3) is 0 Å². The average Bonchev–Trinajstić information content (AvgIpc) is 2.82. The molecular weight excluding hydrogens is 202 g/mol. The minimum absolute atomic E-state index is 0.282. The number of hydrogen-bond acceptors (Lipinski definition) is 3. The molecular formula is C12H19N3O.